The summed E-state index contributed by atoms with van der Waals surface area (Å²) in [5, 5.41) is 14.1. The summed E-state index contributed by atoms with van der Waals surface area (Å²) in [5.74, 6) is 0.579. The number of thiophene rings is 1. The molecule has 0 saturated carbocycles. The van der Waals surface area contributed by atoms with Gasteiger partial charge in [-0.3, -0.25) is 0 Å². The van der Waals surface area contributed by atoms with E-state index in [-0.39, 0.29) is 0 Å². The van der Waals surface area contributed by atoms with Gasteiger partial charge >= 0.3 is 0 Å². The average molecular weight is 671 g/mol. The lowest BCUT2D eigenvalue weighted by Crippen LogP contribution is -1.95. The number of nitrogens with zero attached hydrogens (tertiary/aromatic N) is 6. The molecule has 6 aromatic carbocycles. The summed E-state index contributed by atoms with van der Waals surface area (Å²) in [5.41, 5.74) is 11.3. The fraction of sp³-hybridized carbons (Fsp3) is 0. The molecule has 0 fully saturated rings. The molecule has 51 heavy (non-hydrogen) atoms. The average Bonchev–Trinajstić information content (AvgIpc) is 3.85. The minimum absolute atomic E-state index is 0.579. The zero-order chi connectivity index (χ0) is 33.5. The largest absolute Gasteiger partial charge is 0.309 e. The van der Waals surface area contributed by atoms with Crippen molar-refractivity contribution < 1.29 is 0 Å². The van der Waals surface area contributed by atoms with Crippen LogP contribution in [0.2, 0.25) is 0 Å². The molecule has 11 aromatic rings. The highest BCUT2D eigenvalue weighted by molar-refractivity contribution is 7.25. The second-order valence-electron chi connectivity index (χ2n) is 12.8. The van der Waals surface area contributed by atoms with Gasteiger partial charge in [0.1, 0.15) is 11.0 Å². The first kappa shape index (κ1) is 28.2. The van der Waals surface area contributed by atoms with Gasteiger partial charge in [0.05, 0.1) is 32.5 Å². The Hall–Kier alpha value is -6.70. The van der Waals surface area contributed by atoms with Crippen molar-refractivity contribution in [3.8, 4) is 34.0 Å². The Labute approximate surface area is 295 Å². The number of fused-ring (bicyclic) bond motifs is 9. The van der Waals surface area contributed by atoms with E-state index in [0.717, 1.165) is 65.3 Å². The standard InChI is InChI=1S/C44H26N6S/c1-3-11-29(12-4-1)49-36-17-9-7-15-31(36)33-21-19-27(25-38(33)49)35-23-24-40-41(45-35)42-44(51-40)48-47-43(46-42)28-20-22-34-32-16-8-10-18-37(32)50(39(34)26-28)30-13-5-2-6-14-30/h1-26H. The molecule has 0 atom stereocenters. The molecule has 0 saturated heterocycles. The first-order valence-corrected chi connectivity index (χ1v) is 17.7. The summed E-state index contributed by atoms with van der Waals surface area (Å²) in [6.45, 7) is 0. The highest BCUT2D eigenvalue weighted by Crippen LogP contribution is 2.38. The number of para-hydroxylation sites is 4. The van der Waals surface area contributed by atoms with Gasteiger partial charge in [-0.05, 0) is 60.7 Å². The predicted molar refractivity (Wildman–Crippen MR) is 210 cm³/mol. The molecule has 7 heteroatoms. The normalized spacial score (nSPS) is 11.9. The van der Waals surface area contributed by atoms with Crippen molar-refractivity contribution in [2.24, 2.45) is 0 Å². The van der Waals surface area contributed by atoms with Gasteiger partial charge in [0.2, 0.25) is 0 Å². The van der Waals surface area contributed by atoms with Crippen molar-refractivity contribution in [3.05, 3.63) is 158 Å². The van der Waals surface area contributed by atoms with Crippen molar-refractivity contribution in [1.29, 1.82) is 0 Å². The Morgan fingerprint density at radius 3 is 1.61 bits per heavy atom. The second-order valence-corrected chi connectivity index (χ2v) is 13.8. The molecule has 5 aromatic heterocycles. The third kappa shape index (κ3) is 4.28. The summed E-state index contributed by atoms with van der Waals surface area (Å²) >= 11 is 1.57. The predicted octanol–water partition coefficient (Wildman–Crippen LogP) is 11.2. The van der Waals surface area contributed by atoms with E-state index in [4.69, 9.17) is 9.97 Å². The number of hydrogen-bond donors (Lipinski definition) is 0. The number of rotatable bonds is 4. The van der Waals surface area contributed by atoms with E-state index in [2.05, 4.69) is 171 Å². The van der Waals surface area contributed by atoms with Gasteiger partial charge < -0.3 is 9.13 Å². The van der Waals surface area contributed by atoms with Crippen LogP contribution in [0.25, 0.3) is 98.2 Å². The van der Waals surface area contributed by atoms with E-state index in [1.807, 2.05) is 6.07 Å². The molecule has 0 unspecified atom stereocenters. The number of pyridine rings is 1. The molecular formula is C44H26N6S. The van der Waals surface area contributed by atoms with E-state index in [0.29, 0.717) is 5.82 Å². The van der Waals surface area contributed by atoms with Gasteiger partial charge in [0, 0.05) is 44.0 Å². The highest BCUT2D eigenvalue weighted by Gasteiger charge is 2.18. The number of aromatic nitrogens is 6. The van der Waals surface area contributed by atoms with Crippen LogP contribution in [-0.2, 0) is 0 Å². The minimum Gasteiger partial charge on any atom is -0.309 e. The third-order valence-electron chi connectivity index (χ3n) is 9.88. The van der Waals surface area contributed by atoms with Gasteiger partial charge in [-0.15, -0.1) is 21.5 Å². The van der Waals surface area contributed by atoms with Gasteiger partial charge in [-0.25, -0.2) is 9.97 Å². The molecule has 5 heterocycles. The van der Waals surface area contributed by atoms with E-state index in [1.54, 1.807) is 11.3 Å². The van der Waals surface area contributed by atoms with Gasteiger partial charge in [0.15, 0.2) is 10.7 Å². The quantitative estimate of drug-likeness (QED) is 0.187. The van der Waals surface area contributed by atoms with Crippen molar-refractivity contribution in [2.45, 2.75) is 0 Å². The molecule has 0 N–H and O–H groups in total. The lowest BCUT2D eigenvalue weighted by Gasteiger charge is -2.09. The Morgan fingerprint density at radius 1 is 0.412 bits per heavy atom. The highest BCUT2D eigenvalue weighted by atomic mass is 32.1. The van der Waals surface area contributed by atoms with Crippen LogP contribution in [0, 0.1) is 0 Å². The summed E-state index contributed by atoms with van der Waals surface area (Å²) in [6.07, 6.45) is 0. The maximum absolute atomic E-state index is 5.23. The molecule has 0 radical (unpaired) electrons. The summed E-state index contributed by atoms with van der Waals surface area (Å²) in [7, 11) is 0. The van der Waals surface area contributed by atoms with Crippen molar-refractivity contribution >= 4 is 75.5 Å². The monoisotopic (exact) mass is 670 g/mol. The maximum Gasteiger partial charge on any atom is 0.182 e. The molecule has 0 aliphatic heterocycles. The first-order valence-electron chi connectivity index (χ1n) is 16.9. The van der Waals surface area contributed by atoms with Crippen molar-refractivity contribution in [1.82, 2.24) is 29.3 Å². The van der Waals surface area contributed by atoms with Crippen LogP contribution in [-0.4, -0.2) is 29.3 Å². The molecule has 0 amide bonds. The maximum atomic E-state index is 5.23. The van der Waals surface area contributed by atoms with Crippen molar-refractivity contribution in [2.75, 3.05) is 0 Å². The van der Waals surface area contributed by atoms with E-state index >= 15 is 0 Å². The van der Waals surface area contributed by atoms with Crippen LogP contribution in [0.3, 0.4) is 0 Å². The Balaban J connectivity index is 1.07. The van der Waals surface area contributed by atoms with Crippen LogP contribution in [0.15, 0.2) is 158 Å². The Kier molecular flexibility index (Phi) is 6.02. The molecule has 0 bridgehead atoms. The number of hydrogen-bond acceptors (Lipinski definition) is 5. The lowest BCUT2D eigenvalue weighted by molar-refractivity contribution is 1.04. The van der Waals surface area contributed by atoms with Crippen LogP contribution in [0.4, 0.5) is 0 Å². The zero-order valence-electron chi connectivity index (χ0n) is 27.1. The van der Waals surface area contributed by atoms with Gasteiger partial charge in [-0.2, -0.15) is 0 Å². The molecule has 0 aliphatic rings. The van der Waals surface area contributed by atoms with Crippen LogP contribution >= 0.6 is 11.3 Å². The number of benzene rings is 6. The molecule has 6 nitrogen and oxygen atoms in total. The van der Waals surface area contributed by atoms with Crippen LogP contribution < -0.4 is 0 Å². The Morgan fingerprint density at radius 2 is 0.961 bits per heavy atom. The molecular weight excluding hydrogens is 645 g/mol. The molecule has 0 aliphatic carbocycles. The van der Waals surface area contributed by atoms with E-state index in [1.165, 1.54) is 27.1 Å². The van der Waals surface area contributed by atoms with E-state index < -0.39 is 0 Å². The summed E-state index contributed by atoms with van der Waals surface area (Å²) in [4.78, 5) is 11.1. The molecule has 11 rings (SSSR count). The van der Waals surface area contributed by atoms with Gasteiger partial charge in [0.25, 0.3) is 0 Å². The van der Waals surface area contributed by atoms with Crippen molar-refractivity contribution in [3.63, 3.8) is 0 Å². The fourth-order valence-electron chi connectivity index (χ4n) is 7.57. The zero-order valence-corrected chi connectivity index (χ0v) is 27.9. The van der Waals surface area contributed by atoms with Gasteiger partial charge in [-0.1, -0.05) is 97.1 Å². The smallest absolute Gasteiger partial charge is 0.182 e. The summed E-state index contributed by atoms with van der Waals surface area (Å²) < 4.78 is 5.68. The molecule has 0 spiro atoms. The van der Waals surface area contributed by atoms with Crippen LogP contribution in [0.5, 0.6) is 0 Å². The first-order chi connectivity index (χ1) is 25.3. The molecule has 238 valence electrons. The lowest BCUT2D eigenvalue weighted by atomic mass is 10.1. The topological polar surface area (TPSA) is 61.4 Å². The third-order valence-corrected chi connectivity index (χ3v) is 10.9. The second kappa shape index (κ2) is 10.9. The fourth-order valence-corrected chi connectivity index (χ4v) is 8.48. The Bertz CT molecular complexity index is 2930. The summed E-state index contributed by atoms with van der Waals surface area (Å²) in [6, 6.07) is 55.5. The van der Waals surface area contributed by atoms with Crippen LogP contribution in [0.1, 0.15) is 0 Å². The SMILES string of the molecule is c1ccc(-n2c3ccccc3c3ccc(-c4ccc5sc6nnc(-c7ccc8c9ccccc9n(-c9ccccc9)c8c7)nc6c5n4)cc32)cc1. The minimum atomic E-state index is 0.579. The van der Waals surface area contributed by atoms with E-state index in [9.17, 15) is 0 Å².